The Balaban J connectivity index is 0.000000231. The first-order chi connectivity index (χ1) is 33.7. The number of carbonyl (C=O) groups is 2. The van der Waals surface area contributed by atoms with Crippen molar-refractivity contribution in [3.05, 3.63) is 67.0 Å². The summed E-state index contributed by atoms with van der Waals surface area (Å²) in [7, 11) is 5.47. The van der Waals surface area contributed by atoms with Crippen molar-refractivity contribution in [2.45, 2.75) is 144 Å². The molecule has 7 rings (SSSR count). The summed E-state index contributed by atoms with van der Waals surface area (Å²) in [6.45, 7) is 10.4. The Bertz CT molecular complexity index is 2490. The van der Waals surface area contributed by atoms with Crippen molar-refractivity contribution in [1.29, 1.82) is 10.8 Å². The monoisotopic (exact) mass is 1090 g/mol. The van der Waals surface area contributed by atoms with E-state index in [-0.39, 0.29) is 12.1 Å². The van der Waals surface area contributed by atoms with Crippen molar-refractivity contribution in [3.8, 4) is 51.5 Å². The van der Waals surface area contributed by atoms with Gasteiger partial charge in [-0.15, -0.1) is 10.2 Å². The van der Waals surface area contributed by atoms with Crippen molar-refractivity contribution in [2.75, 3.05) is 28.3 Å². The molecule has 19 nitrogen and oxygen atoms in total. The molecule has 5 aromatic rings. The molecule has 2 fully saturated rings. The molecule has 0 unspecified atom stereocenters. The van der Waals surface area contributed by atoms with E-state index >= 15 is 0 Å². The van der Waals surface area contributed by atoms with Gasteiger partial charge in [0.05, 0.1) is 41.5 Å². The van der Waals surface area contributed by atoms with Crippen molar-refractivity contribution in [1.82, 2.24) is 54.4 Å². The molecule has 0 atom stereocenters. The van der Waals surface area contributed by atoms with Crippen molar-refractivity contribution in [2.24, 2.45) is 4.78 Å². The van der Waals surface area contributed by atoms with Gasteiger partial charge in [-0.2, -0.15) is 10.5 Å². The van der Waals surface area contributed by atoms with E-state index in [4.69, 9.17) is 15.0 Å². The maximum atomic E-state index is 12.8. The number of carbonyl (C=O) groups excluding carboxylic acids is 2. The second-order valence-electron chi connectivity index (χ2n) is 18.5. The molecule has 0 spiro atoms. The molecule has 3 heterocycles. The van der Waals surface area contributed by atoms with Gasteiger partial charge in [0.1, 0.15) is 35.8 Å². The summed E-state index contributed by atoms with van der Waals surface area (Å²) in [5.74, 6) is 1.60. The number of tetrazole rings is 1. The van der Waals surface area contributed by atoms with Crippen LogP contribution in [0.1, 0.15) is 109 Å². The quantitative estimate of drug-likeness (QED) is 0.0602. The Morgan fingerprint density at radius 3 is 1.71 bits per heavy atom. The predicted molar refractivity (Wildman–Crippen MR) is 274 cm³/mol. The van der Waals surface area contributed by atoms with E-state index in [1.807, 2.05) is 67.8 Å². The van der Waals surface area contributed by atoms with E-state index in [1.54, 1.807) is 42.5 Å². The molecule has 0 radical (unpaired) electrons. The van der Waals surface area contributed by atoms with Crippen LogP contribution in [0.5, 0.6) is 11.5 Å². The van der Waals surface area contributed by atoms with Gasteiger partial charge in [-0.3, -0.25) is 9.13 Å². The van der Waals surface area contributed by atoms with Crippen LogP contribution >= 0.6 is 0 Å². The fraction of sp³-hybridized carbons (Fsp3) is 0.551. The van der Waals surface area contributed by atoms with Gasteiger partial charge in [0.25, 0.3) is 8.24 Å². The number of amides is 2. The Labute approximate surface area is 421 Å². The summed E-state index contributed by atoms with van der Waals surface area (Å²) in [5, 5.41) is 23.3. The Morgan fingerprint density at radius 1 is 0.829 bits per heavy atom. The minimum absolute atomic E-state index is 0.0578. The summed E-state index contributed by atoms with van der Waals surface area (Å²) < 4.78 is 30.7. The Morgan fingerprint density at radius 2 is 1.31 bits per heavy atom. The number of methoxy groups -OCH3 is 2. The zero-order valence-corrected chi connectivity index (χ0v) is 46.5. The van der Waals surface area contributed by atoms with Gasteiger partial charge in [-0.05, 0) is 86.9 Å². The van der Waals surface area contributed by atoms with Gasteiger partial charge < -0.3 is 19.3 Å². The number of nitrogens with zero attached hydrogens (tertiary/aromatic N) is 12. The molecular formula is C49H73N14O5SiSn+. The van der Waals surface area contributed by atoms with Gasteiger partial charge in [0, 0.05) is 49.7 Å². The van der Waals surface area contributed by atoms with Crippen LogP contribution in [0.25, 0.3) is 33.9 Å². The van der Waals surface area contributed by atoms with E-state index in [2.05, 4.69) is 60.2 Å². The van der Waals surface area contributed by atoms with Crippen LogP contribution in [-0.2, 0) is 3.08 Å². The van der Waals surface area contributed by atoms with Crippen LogP contribution in [-0.4, -0.2) is 130 Å². The molecule has 2 aliphatic rings. The minimum atomic E-state index is -1.99. The first-order valence-electron chi connectivity index (χ1n) is 24.4. The van der Waals surface area contributed by atoms with Gasteiger partial charge in [-0.1, -0.05) is 38.5 Å². The Kier molecular flexibility index (Phi) is 23.7. The van der Waals surface area contributed by atoms with Crippen molar-refractivity contribution in [3.63, 3.8) is 0 Å². The number of ether oxygens (including phenoxy) is 2. The summed E-state index contributed by atoms with van der Waals surface area (Å²) >= 11 is -1.99. The summed E-state index contributed by atoms with van der Waals surface area (Å²) in [5.41, 5.74) is 10.5. The van der Waals surface area contributed by atoms with Crippen molar-refractivity contribution < 1.29 is 22.1 Å². The first-order valence-corrected chi connectivity index (χ1v) is 33.1. The third-order valence-electron chi connectivity index (χ3n) is 12.1. The average Bonchev–Trinajstić information content (AvgIpc) is 4.21. The number of hydrogen-bond donors (Lipinski definition) is 2. The molecule has 2 N–H and O–H groups in total. The molecule has 2 aromatic carbocycles. The molecule has 2 saturated carbocycles. The molecule has 376 valence electrons. The van der Waals surface area contributed by atoms with Gasteiger partial charge in [-0.25, -0.2) is 19.6 Å². The number of aromatic amines is 1. The van der Waals surface area contributed by atoms with Gasteiger partial charge in [0.15, 0.2) is 0 Å². The number of imidazole rings is 2. The van der Waals surface area contributed by atoms with E-state index in [1.165, 1.54) is 82.2 Å². The number of rotatable bonds is 14. The number of hydrogen-bond acceptors (Lipinski definition) is 13. The fourth-order valence-corrected chi connectivity index (χ4v) is 13.3. The summed E-state index contributed by atoms with van der Waals surface area (Å²) in [6.07, 6.45) is 22.9. The summed E-state index contributed by atoms with van der Waals surface area (Å²) in [4.78, 5) is 40.9. The average molecular weight is 1090 g/mol. The standard InChI is InChI=1S/C19H23N7O2.C19H22N4O2.2C4H9.C3H10N3Si.O.Sn/c1-25(14-6-4-3-5-7-14)19(27)26-11-16(20-12-26)13-8-9-17(28-2)15(10-13)18-21-23-24-22-18;1-22(16-6-4-3-5-7-16)19(24)23-12-17(21-13-23)14-8-9-18(25-2)15(10-14)11-20;2*1-3-4-2;1-7(2,3)6-5-4;;/h8-12,14H,3-7H2,1-2H3,(H,21,22,23,24);8-10,12-13,16H,3-7H2,1-2H3;2*1,3-4H2,2H3;4H,1-3H3;;/q;;;;+1;;. The number of nitrogens with one attached hydrogen (secondary N) is 2. The Hall–Kier alpha value is -5.91. The van der Waals surface area contributed by atoms with Crippen LogP contribution in [0.4, 0.5) is 9.59 Å². The molecule has 0 saturated heterocycles. The van der Waals surface area contributed by atoms with E-state index in [0.29, 0.717) is 51.9 Å². The van der Waals surface area contributed by atoms with Gasteiger partial charge in [0.2, 0.25) is 10.7 Å². The largest absolute Gasteiger partial charge is 0.496 e. The second-order valence-corrected chi connectivity index (χ2v) is 29.0. The number of unbranched alkanes of at least 4 members (excludes halogenated alkanes) is 2. The predicted octanol–water partition coefficient (Wildman–Crippen LogP) is 11.0. The van der Waals surface area contributed by atoms with E-state index < -0.39 is 28.0 Å². The van der Waals surface area contributed by atoms with Crippen LogP contribution in [0.15, 0.2) is 66.2 Å². The van der Waals surface area contributed by atoms with E-state index in [9.17, 15) is 17.9 Å². The maximum absolute atomic E-state index is 12.8. The number of benzene rings is 2. The van der Waals surface area contributed by atoms with Crippen LogP contribution in [0, 0.1) is 16.9 Å². The van der Waals surface area contributed by atoms with Crippen LogP contribution in [0.3, 0.4) is 0 Å². The fourth-order valence-electron chi connectivity index (χ4n) is 8.06. The van der Waals surface area contributed by atoms with Crippen LogP contribution in [0.2, 0.25) is 28.5 Å². The van der Waals surface area contributed by atoms with E-state index in [0.717, 1.165) is 45.7 Å². The summed E-state index contributed by atoms with van der Waals surface area (Å²) in [6, 6.07) is 13.5. The number of nitriles is 1. The molecular weight excluding hydrogens is 1010 g/mol. The smallest absolute Gasteiger partial charge is 0.329 e. The molecule has 2 amide bonds. The van der Waals surface area contributed by atoms with Gasteiger partial charge >= 0.3 is 83.3 Å². The van der Waals surface area contributed by atoms with Crippen molar-refractivity contribution >= 4 is 40.0 Å². The number of H-pyrrole nitrogens is 1. The molecule has 0 bridgehead atoms. The molecule has 0 aliphatic heterocycles. The maximum Gasteiger partial charge on any atom is 0.329 e. The molecule has 3 aromatic heterocycles. The topological polar surface area (TPSA) is 240 Å². The second kappa shape index (κ2) is 29.3. The molecule has 2 aliphatic carbocycles. The third-order valence-corrected chi connectivity index (χ3v) is 18.0. The third kappa shape index (κ3) is 17.5. The van der Waals surface area contributed by atoms with Crippen LogP contribution < -0.4 is 14.4 Å². The normalized spacial score (nSPS) is 13.6. The minimum Gasteiger partial charge on any atom is -0.496 e. The zero-order valence-electron chi connectivity index (χ0n) is 42.6. The molecule has 70 heavy (non-hydrogen) atoms. The zero-order chi connectivity index (χ0) is 51.1. The first kappa shape index (κ1) is 56.7. The molecule has 21 heteroatoms. The number of aromatic nitrogens is 8. The SMILES string of the molecule is CCC[CH2][Sn](=[O])[CH2]CCC.COc1ccc(-c2cn(C(=O)N(C)C3CCCCC3)cn2)cc1-c1nn[nH]n1.COc1ccc(-c2cn(C(=O)N(C)C3CCCCC3)cn2)cc1C#N.C[Si](C)(C)N=[N+]=N.